The van der Waals surface area contributed by atoms with Crippen molar-refractivity contribution >= 4 is 28.4 Å². The molecule has 0 N–H and O–H groups in total. The molecule has 6 rings (SSSR count). The number of benzene rings is 3. The van der Waals surface area contributed by atoms with Crippen LogP contribution in [0.4, 0.5) is 0 Å². The average molecular weight is 660 g/mol. The maximum atomic E-state index is 14.3. The van der Waals surface area contributed by atoms with Crippen molar-refractivity contribution in [1.29, 1.82) is 0 Å². The van der Waals surface area contributed by atoms with Crippen molar-refractivity contribution in [1.82, 2.24) is 24.3 Å². The van der Waals surface area contributed by atoms with Gasteiger partial charge >= 0.3 is 0 Å². The van der Waals surface area contributed by atoms with Crippen LogP contribution in [0.3, 0.4) is 0 Å². The number of aromatic nitrogens is 2. The lowest BCUT2D eigenvalue weighted by molar-refractivity contribution is -0.135. The summed E-state index contributed by atoms with van der Waals surface area (Å²) in [5.74, 6) is 1.81. The Kier molecular flexibility index (Phi) is 10.4. The highest BCUT2D eigenvalue weighted by Gasteiger charge is 2.29. The van der Waals surface area contributed by atoms with Crippen LogP contribution in [0.1, 0.15) is 38.2 Å². The minimum Gasteiger partial charge on any atom is -0.489 e. The van der Waals surface area contributed by atoms with Gasteiger partial charge in [0.2, 0.25) is 0 Å². The van der Waals surface area contributed by atoms with Gasteiger partial charge in [-0.25, -0.2) is 4.98 Å². The molecule has 2 aliphatic rings. The van der Waals surface area contributed by atoms with Crippen LogP contribution in [-0.4, -0.2) is 95.4 Å². The molecule has 1 unspecified atom stereocenters. The molecule has 1 aromatic heterocycles. The summed E-state index contributed by atoms with van der Waals surface area (Å²) in [6.07, 6.45) is -0.0911. The van der Waals surface area contributed by atoms with Crippen LogP contribution in [0, 0.1) is 0 Å². The van der Waals surface area contributed by atoms with E-state index < -0.39 is 0 Å². The molecule has 10 nitrogen and oxygen atoms in total. The topological polar surface area (TPSA) is 89.4 Å². The number of ether oxygens (including phenoxy) is 3. The zero-order chi connectivity index (χ0) is 32.9. The van der Waals surface area contributed by atoms with Gasteiger partial charge in [-0.3, -0.25) is 24.0 Å². The van der Waals surface area contributed by atoms with Gasteiger partial charge in [-0.05, 0) is 74.9 Å². The monoisotopic (exact) mass is 659 g/mol. The quantitative estimate of drug-likeness (QED) is 0.237. The number of carbonyl (C=O) groups excluding carboxylic acids is 1. The van der Waals surface area contributed by atoms with Crippen molar-refractivity contribution < 1.29 is 19.0 Å². The molecule has 0 bridgehead atoms. The average Bonchev–Trinajstić information content (AvgIpc) is 3.08. The van der Waals surface area contributed by atoms with E-state index in [0.717, 1.165) is 38.4 Å². The van der Waals surface area contributed by atoms with Crippen LogP contribution < -0.4 is 15.0 Å². The fourth-order valence-electron chi connectivity index (χ4n) is 6.16. The summed E-state index contributed by atoms with van der Waals surface area (Å²) in [7, 11) is 0. The number of para-hydroxylation sites is 1. The van der Waals surface area contributed by atoms with Crippen LogP contribution >= 0.6 is 11.6 Å². The predicted octanol–water partition coefficient (Wildman–Crippen LogP) is 4.94. The molecule has 3 heterocycles. The van der Waals surface area contributed by atoms with Crippen LogP contribution in [0.5, 0.6) is 11.5 Å². The molecule has 2 aliphatic heterocycles. The van der Waals surface area contributed by atoms with Crippen molar-refractivity contribution in [3.8, 4) is 17.2 Å². The number of fused-ring (bicyclic) bond motifs is 1. The maximum Gasteiger partial charge on any atom is 0.266 e. The molecule has 2 fully saturated rings. The van der Waals surface area contributed by atoms with E-state index in [0.29, 0.717) is 65.1 Å². The second-order valence-electron chi connectivity index (χ2n) is 12.3. The molecule has 47 heavy (non-hydrogen) atoms. The summed E-state index contributed by atoms with van der Waals surface area (Å²) in [5.41, 5.74) is 2.30. The van der Waals surface area contributed by atoms with Crippen molar-refractivity contribution in [2.75, 3.05) is 59.1 Å². The molecule has 4 aromatic rings. The Morgan fingerprint density at radius 1 is 0.936 bits per heavy atom. The maximum absolute atomic E-state index is 14.3. The molecule has 0 aliphatic carbocycles. The highest BCUT2D eigenvalue weighted by atomic mass is 35.5. The van der Waals surface area contributed by atoms with Gasteiger partial charge in [-0.1, -0.05) is 29.8 Å². The van der Waals surface area contributed by atoms with Gasteiger partial charge in [0.25, 0.3) is 11.5 Å². The molecular formula is C36H42ClN5O5. The number of rotatable bonds is 10. The van der Waals surface area contributed by atoms with Crippen molar-refractivity contribution in [3.63, 3.8) is 0 Å². The van der Waals surface area contributed by atoms with E-state index >= 15 is 0 Å². The molecule has 0 spiro atoms. The molecule has 1 atom stereocenters. The van der Waals surface area contributed by atoms with Crippen LogP contribution in [0.15, 0.2) is 71.5 Å². The Morgan fingerprint density at radius 2 is 1.66 bits per heavy atom. The second kappa shape index (κ2) is 14.9. The Bertz CT molecular complexity index is 1750. The number of piperazine rings is 1. The van der Waals surface area contributed by atoms with Crippen LogP contribution in [0.2, 0.25) is 5.02 Å². The number of amides is 1. The number of nitrogens with zero attached hydrogens (tertiary/aromatic N) is 5. The van der Waals surface area contributed by atoms with Crippen LogP contribution in [0.25, 0.3) is 16.6 Å². The van der Waals surface area contributed by atoms with Crippen molar-refractivity contribution in [2.24, 2.45) is 0 Å². The Labute approximate surface area is 280 Å². The number of carbonyl (C=O) groups is 1. The summed E-state index contributed by atoms with van der Waals surface area (Å²) in [6.45, 7) is 12.4. The summed E-state index contributed by atoms with van der Waals surface area (Å²) in [6, 6.07) is 20.3. The fourth-order valence-corrected chi connectivity index (χ4v) is 6.29. The third kappa shape index (κ3) is 7.79. The van der Waals surface area contributed by atoms with E-state index in [1.54, 1.807) is 28.8 Å². The third-order valence-electron chi connectivity index (χ3n) is 8.70. The largest absolute Gasteiger partial charge is 0.489 e. The van der Waals surface area contributed by atoms with E-state index in [9.17, 15) is 9.59 Å². The minimum atomic E-state index is -0.213. The molecule has 0 radical (unpaired) electrons. The molecule has 1 amide bonds. The SMILES string of the molecule is CC(C)Oc1cc(CN2CCOCC2)ccc1-n1c(C(C)N2CCN(C(=O)COc3ccc(Cl)cc3)CC2)nc2ccccc2c1=O. The van der Waals surface area contributed by atoms with Gasteiger partial charge in [-0.15, -0.1) is 0 Å². The van der Waals surface area contributed by atoms with Crippen LogP contribution in [-0.2, 0) is 16.1 Å². The lowest BCUT2D eigenvalue weighted by Crippen LogP contribution is -2.51. The molecule has 248 valence electrons. The Hall–Kier alpha value is -3.96. The first kappa shape index (κ1) is 33.0. The van der Waals surface area contributed by atoms with Gasteiger partial charge in [0.15, 0.2) is 6.61 Å². The van der Waals surface area contributed by atoms with E-state index in [2.05, 4.69) is 28.9 Å². The molecule has 0 saturated carbocycles. The Morgan fingerprint density at radius 3 is 2.38 bits per heavy atom. The van der Waals surface area contributed by atoms with Gasteiger partial charge in [0.1, 0.15) is 17.3 Å². The molecule has 11 heteroatoms. The second-order valence-corrected chi connectivity index (χ2v) is 12.8. The molecule has 2 saturated heterocycles. The summed E-state index contributed by atoms with van der Waals surface area (Å²) in [5, 5.41) is 1.16. The van der Waals surface area contributed by atoms with Gasteiger partial charge in [-0.2, -0.15) is 0 Å². The highest BCUT2D eigenvalue weighted by molar-refractivity contribution is 6.30. The first-order valence-electron chi connectivity index (χ1n) is 16.3. The lowest BCUT2D eigenvalue weighted by Gasteiger charge is -2.38. The Balaban J connectivity index is 1.26. The normalized spacial score (nSPS) is 16.8. The summed E-state index contributed by atoms with van der Waals surface area (Å²) in [4.78, 5) is 38.8. The number of halogens is 1. The zero-order valence-corrected chi connectivity index (χ0v) is 28.0. The van der Waals surface area contributed by atoms with Crippen molar-refractivity contribution in [3.05, 3.63) is 93.5 Å². The standard InChI is InChI=1S/C36H42ClN5O5/c1-25(2)47-33-22-27(23-39-18-20-45-21-19-39)8-13-32(33)42-35(38-31-7-5-4-6-30(31)36(42)44)26(3)40-14-16-41(17-15-40)34(43)24-46-29-11-9-28(37)10-12-29/h4-13,22,25-26H,14-21,23-24H2,1-3H3. The van der Waals surface area contributed by atoms with E-state index in [1.165, 1.54) is 0 Å². The van der Waals surface area contributed by atoms with Gasteiger partial charge < -0.3 is 19.1 Å². The van der Waals surface area contributed by atoms with Crippen molar-refractivity contribution in [2.45, 2.75) is 39.5 Å². The van der Waals surface area contributed by atoms with Gasteiger partial charge in [0, 0.05) is 50.8 Å². The fraction of sp³-hybridized carbons (Fsp3) is 0.417. The number of hydrogen-bond acceptors (Lipinski definition) is 8. The van der Waals surface area contributed by atoms with E-state index in [1.807, 2.05) is 49.1 Å². The minimum absolute atomic E-state index is 0.0386. The zero-order valence-electron chi connectivity index (χ0n) is 27.2. The molecule has 3 aromatic carbocycles. The molecular weight excluding hydrogens is 618 g/mol. The predicted molar refractivity (Wildman–Crippen MR) is 183 cm³/mol. The summed E-state index contributed by atoms with van der Waals surface area (Å²) >= 11 is 5.96. The lowest BCUT2D eigenvalue weighted by atomic mass is 10.1. The number of morpholine rings is 1. The third-order valence-corrected chi connectivity index (χ3v) is 8.96. The first-order chi connectivity index (χ1) is 22.8. The highest BCUT2D eigenvalue weighted by Crippen LogP contribution is 2.30. The van der Waals surface area contributed by atoms with E-state index in [-0.39, 0.29) is 30.2 Å². The summed E-state index contributed by atoms with van der Waals surface area (Å²) < 4.78 is 19.3. The van der Waals surface area contributed by atoms with Gasteiger partial charge in [0.05, 0.1) is 41.9 Å². The first-order valence-corrected chi connectivity index (χ1v) is 16.7. The number of hydrogen-bond donors (Lipinski definition) is 0. The smallest absolute Gasteiger partial charge is 0.266 e. The van der Waals surface area contributed by atoms with E-state index in [4.69, 9.17) is 30.8 Å².